The molecule has 33 heavy (non-hydrogen) atoms. The number of hydrogen-bond acceptors (Lipinski definition) is 6. The molecule has 0 bridgehead atoms. The molecule has 0 amide bonds. The highest BCUT2D eigenvalue weighted by Crippen LogP contribution is 2.35. The zero-order valence-electron chi connectivity index (χ0n) is 16.8. The highest BCUT2D eigenvalue weighted by molar-refractivity contribution is 5.46. The van der Waals surface area contributed by atoms with E-state index in [0.717, 1.165) is 29.1 Å². The molecule has 0 atom stereocenters. The first-order valence-corrected chi connectivity index (χ1v) is 9.08. The van der Waals surface area contributed by atoms with E-state index in [1.807, 2.05) is 0 Å². The molecule has 3 rings (SSSR count). The normalized spacial score (nSPS) is 11.2. The third-order valence-corrected chi connectivity index (χ3v) is 4.23. The van der Waals surface area contributed by atoms with Crippen molar-refractivity contribution in [2.75, 3.05) is 7.11 Å². The third kappa shape index (κ3) is 5.76. The summed E-state index contributed by atoms with van der Waals surface area (Å²) in [4.78, 5) is 16.2. The minimum atomic E-state index is -5.05. The maximum absolute atomic E-state index is 13.5. The summed E-state index contributed by atoms with van der Waals surface area (Å²) >= 11 is 0. The summed E-state index contributed by atoms with van der Waals surface area (Å²) in [6.45, 7) is -3.39. The van der Waals surface area contributed by atoms with Crippen LogP contribution in [0.5, 0.6) is 23.0 Å². The van der Waals surface area contributed by atoms with Gasteiger partial charge in [0.15, 0.2) is 5.69 Å². The summed E-state index contributed by atoms with van der Waals surface area (Å²) in [5, 5.41) is 9.06. The second-order valence-corrected chi connectivity index (χ2v) is 6.49. The fourth-order valence-electron chi connectivity index (χ4n) is 2.79. The van der Waals surface area contributed by atoms with Crippen molar-refractivity contribution in [2.24, 2.45) is 0 Å². The number of ether oxygens (including phenoxy) is 3. The predicted molar refractivity (Wildman–Crippen MR) is 103 cm³/mol. The van der Waals surface area contributed by atoms with Crippen molar-refractivity contribution < 1.29 is 36.2 Å². The summed E-state index contributed by atoms with van der Waals surface area (Å²) < 4.78 is 80.8. The van der Waals surface area contributed by atoms with Crippen molar-refractivity contribution in [2.45, 2.75) is 19.3 Å². The average molecular weight is 467 g/mol. The minimum Gasteiger partial charge on any atom is -0.497 e. The van der Waals surface area contributed by atoms with Crippen LogP contribution in [0.25, 0.3) is 0 Å². The second-order valence-electron chi connectivity index (χ2n) is 6.49. The standard InChI is InChI=1S/C21H14F5N3O4/c1-31-14-4-2-12(3-5-14)10-29-11-28-18(21(24,25)26)17(19(29)30)32-15-6-13(9-27)7-16(8-15)33-20(22)23/h2-8,11,20H,10H2,1H3. The Kier molecular flexibility index (Phi) is 6.81. The number of aromatic nitrogens is 2. The molecular formula is C21H14F5N3O4. The maximum atomic E-state index is 13.5. The highest BCUT2D eigenvalue weighted by Gasteiger charge is 2.38. The van der Waals surface area contributed by atoms with Crippen LogP contribution in [0.1, 0.15) is 16.8 Å². The van der Waals surface area contributed by atoms with Crippen LogP contribution in [0.15, 0.2) is 53.6 Å². The lowest BCUT2D eigenvalue weighted by molar-refractivity contribution is -0.142. The first kappa shape index (κ1) is 23.5. The van der Waals surface area contributed by atoms with Gasteiger partial charge in [-0.05, 0) is 29.8 Å². The molecule has 0 saturated carbocycles. The van der Waals surface area contributed by atoms with E-state index in [1.54, 1.807) is 30.3 Å². The quantitative estimate of drug-likeness (QED) is 0.473. The van der Waals surface area contributed by atoms with E-state index in [4.69, 9.17) is 14.7 Å². The van der Waals surface area contributed by atoms with Crippen molar-refractivity contribution in [1.29, 1.82) is 5.26 Å². The van der Waals surface area contributed by atoms with Gasteiger partial charge in [0.1, 0.15) is 17.2 Å². The molecule has 1 heterocycles. The average Bonchev–Trinajstić information content (AvgIpc) is 2.75. The summed E-state index contributed by atoms with van der Waals surface area (Å²) in [6, 6.07) is 10.8. The molecule has 0 aliphatic rings. The van der Waals surface area contributed by atoms with Crippen LogP contribution >= 0.6 is 0 Å². The number of rotatable bonds is 7. The van der Waals surface area contributed by atoms with Crippen LogP contribution in [0.4, 0.5) is 22.0 Å². The zero-order chi connectivity index (χ0) is 24.2. The lowest BCUT2D eigenvalue weighted by atomic mass is 10.2. The van der Waals surface area contributed by atoms with Crippen LogP contribution in [-0.2, 0) is 12.7 Å². The van der Waals surface area contributed by atoms with Gasteiger partial charge in [-0.1, -0.05) is 12.1 Å². The van der Waals surface area contributed by atoms with Crippen LogP contribution in [0.2, 0.25) is 0 Å². The topological polar surface area (TPSA) is 86.4 Å². The molecule has 3 aromatic rings. The van der Waals surface area contributed by atoms with Crippen LogP contribution in [0.3, 0.4) is 0 Å². The number of nitriles is 1. The van der Waals surface area contributed by atoms with Gasteiger partial charge in [0.2, 0.25) is 5.75 Å². The molecule has 0 N–H and O–H groups in total. The zero-order valence-corrected chi connectivity index (χ0v) is 16.8. The molecule has 7 nitrogen and oxygen atoms in total. The summed E-state index contributed by atoms with van der Waals surface area (Å²) in [7, 11) is 1.46. The molecular weight excluding hydrogens is 453 g/mol. The fraction of sp³-hybridized carbons (Fsp3) is 0.190. The van der Waals surface area contributed by atoms with Crippen molar-refractivity contribution >= 4 is 0 Å². The smallest absolute Gasteiger partial charge is 0.437 e. The van der Waals surface area contributed by atoms with Gasteiger partial charge >= 0.3 is 12.8 Å². The maximum Gasteiger partial charge on any atom is 0.437 e. The Morgan fingerprint density at radius 3 is 2.33 bits per heavy atom. The first-order valence-electron chi connectivity index (χ1n) is 9.08. The first-order chi connectivity index (χ1) is 15.6. The molecule has 1 aromatic heterocycles. The molecule has 172 valence electrons. The molecule has 0 radical (unpaired) electrons. The fourth-order valence-corrected chi connectivity index (χ4v) is 2.79. The van der Waals surface area contributed by atoms with E-state index in [0.29, 0.717) is 11.3 Å². The molecule has 0 aliphatic heterocycles. The number of methoxy groups -OCH3 is 1. The highest BCUT2D eigenvalue weighted by atomic mass is 19.4. The van der Waals surface area contributed by atoms with E-state index < -0.39 is 41.3 Å². The van der Waals surface area contributed by atoms with Crippen LogP contribution in [-0.4, -0.2) is 23.3 Å². The van der Waals surface area contributed by atoms with Crippen molar-refractivity contribution in [3.8, 4) is 29.1 Å². The van der Waals surface area contributed by atoms with Crippen LogP contribution < -0.4 is 19.8 Å². The van der Waals surface area contributed by atoms with Crippen molar-refractivity contribution in [3.05, 3.63) is 76.0 Å². The Hall–Kier alpha value is -4.14. The van der Waals surface area contributed by atoms with E-state index >= 15 is 0 Å². The van der Waals surface area contributed by atoms with E-state index in [2.05, 4.69) is 9.72 Å². The van der Waals surface area contributed by atoms with Gasteiger partial charge in [0.05, 0.1) is 31.6 Å². The summed E-state index contributed by atoms with van der Waals surface area (Å²) in [5.74, 6) is -1.66. The predicted octanol–water partition coefficient (Wildman–Crippen LogP) is 4.58. The molecule has 2 aromatic carbocycles. The Balaban J connectivity index is 2.05. The summed E-state index contributed by atoms with van der Waals surface area (Å²) in [6.07, 6.45) is -4.33. The third-order valence-electron chi connectivity index (χ3n) is 4.23. The van der Waals surface area contributed by atoms with Gasteiger partial charge in [0.25, 0.3) is 5.56 Å². The van der Waals surface area contributed by atoms with Gasteiger partial charge < -0.3 is 14.2 Å². The van der Waals surface area contributed by atoms with Gasteiger partial charge in [-0.25, -0.2) is 4.98 Å². The lowest BCUT2D eigenvalue weighted by Gasteiger charge is -2.15. The van der Waals surface area contributed by atoms with Gasteiger partial charge in [-0.2, -0.15) is 27.2 Å². The molecule has 0 aliphatic carbocycles. The largest absolute Gasteiger partial charge is 0.497 e. The molecule has 12 heteroatoms. The van der Waals surface area contributed by atoms with Gasteiger partial charge in [-0.3, -0.25) is 9.36 Å². The number of alkyl halides is 5. The van der Waals surface area contributed by atoms with Gasteiger partial charge in [-0.15, -0.1) is 0 Å². The van der Waals surface area contributed by atoms with Crippen molar-refractivity contribution in [3.63, 3.8) is 0 Å². The number of nitrogens with zero attached hydrogens (tertiary/aromatic N) is 3. The van der Waals surface area contributed by atoms with E-state index in [9.17, 15) is 26.7 Å². The minimum absolute atomic E-state index is 0.137. The number of hydrogen-bond donors (Lipinski definition) is 0. The Bertz CT molecular complexity index is 1230. The number of halogens is 5. The second kappa shape index (κ2) is 9.56. The Morgan fingerprint density at radius 1 is 1.09 bits per heavy atom. The monoisotopic (exact) mass is 467 g/mol. The SMILES string of the molecule is COc1ccc(Cn2cnc(C(F)(F)F)c(Oc3cc(C#N)cc(OC(F)F)c3)c2=O)cc1. The Morgan fingerprint density at radius 2 is 1.76 bits per heavy atom. The number of benzene rings is 2. The van der Waals surface area contributed by atoms with Gasteiger partial charge in [0, 0.05) is 6.07 Å². The van der Waals surface area contributed by atoms with E-state index in [-0.39, 0.29) is 12.1 Å². The molecule has 0 saturated heterocycles. The Labute approximate surface area is 183 Å². The van der Waals surface area contributed by atoms with Crippen LogP contribution in [0, 0.1) is 11.3 Å². The van der Waals surface area contributed by atoms with E-state index in [1.165, 1.54) is 7.11 Å². The molecule has 0 fully saturated rings. The molecule has 0 spiro atoms. The lowest BCUT2D eigenvalue weighted by Crippen LogP contribution is -2.26. The summed E-state index contributed by atoms with van der Waals surface area (Å²) in [5.41, 5.74) is -2.47. The van der Waals surface area contributed by atoms with Crippen molar-refractivity contribution in [1.82, 2.24) is 9.55 Å². The molecule has 0 unspecified atom stereocenters.